The number of fused-ring (bicyclic) bond motifs is 1. The molecule has 2 aromatic carbocycles. The third kappa shape index (κ3) is 3.35. The van der Waals surface area contributed by atoms with Crippen molar-refractivity contribution in [3.63, 3.8) is 0 Å². The van der Waals surface area contributed by atoms with Crippen LogP contribution in [0.3, 0.4) is 0 Å². The second-order valence-corrected chi connectivity index (χ2v) is 5.97. The standard InChI is InChI=1S/C20H18N6O/c1-2-26-13-15(16-10-6-7-11-17(16)26)12-21-24-20-22-19(27)18(23-25-20)14-8-4-3-5-9-14/h3-13H,2H2,1H3,(H2,22,24,25,27)/b21-12+. The molecular weight excluding hydrogens is 340 g/mol. The van der Waals surface area contributed by atoms with Crippen molar-refractivity contribution in [1.29, 1.82) is 0 Å². The van der Waals surface area contributed by atoms with Gasteiger partial charge in [-0.15, -0.1) is 10.2 Å². The lowest BCUT2D eigenvalue weighted by molar-refractivity contribution is 0.797. The quantitative estimate of drug-likeness (QED) is 0.423. The molecule has 2 heterocycles. The molecule has 0 saturated heterocycles. The van der Waals surface area contributed by atoms with Crippen LogP contribution < -0.4 is 11.0 Å². The fourth-order valence-corrected chi connectivity index (χ4v) is 2.97. The first-order chi connectivity index (χ1) is 13.3. The van der Waals surface area contributed by atoms with Crippen LogP contribution in [0.2, 0.25) is 0 Å². The number of nitrogens with one attached hydrogen (secondary N) is 2. The molecule has 0 amide bonds. The van der Waals surface area contributed by atoms with Gasteiger partial charge in [0.2, 0.25) is 5.95 Å². The highest BCUT2D eigenvalue weighted by Crippen LogP contribution is 2.19. The molecule has 0 radical (unpaired) electrons. The minimum Gasteiger partial charge on any atom is -0.347 e. The molecule has 134 valence electrons. The molecule has 0 saturated carbocycles. The highest BCUT2D eigenvalue weighted by atomic mass is 16.1. The van der Waals surface area contributed by atoms with Crippen molar-refractivity contribution in [1.82, 2.24) is 19.7 Å². The summed E-state index contributed by atoms with van der Waals surface area (Å²) in [5, 5.41) is 13.3. The third-order valence-electron chi connectivity index (χ3n) is 4.28. The van der Waals surface area contributed by atoms with Crippen molar-refractivity contribution in [2.24, 2.45) is 5.10 Å². The Morgan fingerprint density at radius 2 is 1.89 bits per heavy atom. The molecule has 0 atom stereocenters. The fourth-order valence-electron chi connectivity index (χ4n) is 2.97. The van der Waals surface area contributed by atoms with Gasteiger partial charge in [0.05, 0.1) is 6.21 Å². The van der Waals surface area contributed by atoms with Gasteiger partial charge < -0.3 is 4.57 Å². The summed E-state index contributed by atoms with van der Waals surface area (Å²) in [5.41, 5.74) is 5.54. The van der Waals surface area contributed by atoms with Gasteiger partial charge >= 0.3 is 0 Å². The number of para-hydroxylation sites is 1. The van der Waals surface area contributed by atoms with Gasteiger partial charge in [-0.1, -0.05) is 48.5 Å². The van der Waals surface area contributed by atoms with Crippen LogP contribution in [0, 0.1) is 0 Å². The lowest BCUT2D eigenvalue weighted by Crippen LogP contribution is -2.15. The minimum atomic E-state index is -0.323. The zero-order valence-electron chi connectivity index (χ0n) is 14.8. The Morgan fingerprint density at radius 3 is 2.67 bits per heavy atom. The van der Waals surface area contributed by atoms with E-state index in [0.717, 1.165) is 23.0 Å². The Morgan fingerprint density at radius 1 is 1.11 bits per heavy atom. The van der Waals surface area contributed by atoms with Crippen LogP contribution in [0.15, 0.2) is 70.7 Å². The Hall–Kier alpha value is -3.74. The first-order valence-corrected chi connectivity index (χ1v) is 8.65. The average Bonchev–Trinajstić information content (AvgIpc) is 3.07. The van der Waals surface area contributed by atoms with E-state index >= 15 is 0 Å². The van der Waals surface area contributed by atoms with E-state index in [0.29, 0.717) is 5.56 Å². The predicted octanol–water partition coefficient (Wildman–Crippen LogP) is 3.25. The van der Waals surface area contributed by atoms with Gasteiger partial charge in [0.1, 0.15) is 0 Å². The lowest BCUT2D eigenvalue weighted by Gasteiger charge is -2.01. The number of aromatic nitrogens is 4. The molecule has 0 bridgehead atoms. The molecule has 0 aliphatic rings. The summed E-state index contributed by atoms with van der Waals surface area (Å²) < 4.78 is 2.16. The smallest absolute Gasteiger partial charge is 0.279 e. The molecular formula is C20H18N6O. The number of hydrogen-bond donors (Lipinski definition) is 2. The van der Waals surface area contributed by atoms with E-state index in [1.54, 1.807) is 6.21 Å². The summed E-state index contributed by atoms with van der Waals surface area (Å²) in [6.45, 7) is 2.97. The first-order valence-electron chi connectivity index (χ1n) is 8.65. The van der Waals surface area contributed by atoms with Gasteiger partial charge in [0.15, 0.2) is 5.69 Å². The minimum absolute atomic E-state index is 0.190. The van der Waals surface area contributed by atoms with Gasteiger partial charge in [0, 0.05) is 34.8 Å². The number of H-pyrrole nitrogens is 1. The van der Waals surface area contributed by atoms with Crippen molar-refractivity contribution in [3.8, 4) is 11.3 Å². The molecule has 2 N–H and O–H groups in total. The molecule has 27 heavy (non-hydrogen) atoms. The van der Waals surface area contributed by atoms with Crippen molar-refractivity contribution < 1.29 is 0 Å². The topological polar surface area (TPSA) is 88.0 Å². The number of anilines is 1. The molecule has 7 heteroatoms. The highest BCUT2D eigenvalue weighted by Gasteiger charge is 2.07. The van der Waals surface area contributed by atoms with Crippen LogP contribution in [0.1, 0.15) is 12.5 Å². The van der Waals surface area contributed by atoms with Gasteiger partial charge in [-0.2, -0.15) is 5.10 Å². The summed E-state index contributed by atoms with van der Waals surface area (Å²) in [7, 11) is 0. The van der Waals surface area contributed by atoms with Crippen LogP contribution in [0.5, 0.6) is 0 Å². The number of hydrazone groups is 1. The fraction of sp³-hybridized carbons (Fsp3) is 0.100. The van der Waals surface area contributed by atoms with E-state index in [1.807, 2.05) is 48.7 Å². The van der Waals surface area contributed by atoms with Crippen molar-refractivity contribution >= 4 is 23.1 Å². The van der Waals surface area contributed by atoms with Crippen LogP contribution >= 0.6 is 0 Å². The maximum absolute atomic E-state index is 12.2. The predicted molar refractivity (Wildman–Crippen MR) is 107 cm³/mol. The van der Waals surface area contributed by atoms with E-state index in [2.05, 4.69) is 49.3 Å². The summed E-state index contributed by atoms with van der Waals surface area (Å²) >= 11 is 0. The van der Waals surface area contributed by atoms with Gasteiger partial charge in [-0.05, 0) is 13.0 Å². The molecule has 4 aromatic rings. The largest absolute Gasteiger partial charge is 0.347 e. The highest BCUT2D eigenvalue weighted by molar-refractivity contribution is 5.99. The maximum atomic E-state index is 12.2. The zero-order chi connectivity index (χ0) is 18.6. The van der Waals surface area contributed by atoms with E-state index in [-0.39, 0.29) is 17.2 Å². The van der Waals surface area contributed by atoms with E-state index in [4.69, 9.17) is 0 Å². The monoisotopic (exact) mass is 358 g/mol. The van der Waals surface area contributed by atoms with Crippen LogP contribution in [-0.2, 0) is 6.54 Å². The second-order valence-electron chi connectivity index (χ2n) is 5.97. The van der Waals surface area contributed by atoms with Gasteiger partial charge in [-0.25, -0.2) is 5.43 Å². The average molecular weight is 358 g/mol. The lowest BCUT2D eigenvalue weighted by atomic mass is 10.2. The summed E-state index contributed by atoms with van der Waals surface area (Å²) in [5.74, 6) is 0.190. The van der Waals surface area contributed by atoms with E-state index in [1.165, 1.54) is 0 Å². The number of hydrogen-bond acceptors (Lipinski definition) is 5. The van der Waals surface area contributed by atoms with Crippen LogP contribution in [0.4, 0.5) is 5.95 Å². The molecule has 0 aliphatic heterocycles. The van der Waals surface area contributed by atoms with Crippen molar-refractivity contribution in [3.05, 3.63) is 76.7 Å². The normalized spacial score (nSPS) is 11.3. The molecule has 4 rings (SSSR count). The maximum Gasteiger partial charge on any atom is 0.279 e. The number of aromatic amines is 1. The summed E-state index contributed by atoms with van der Waals surface area (Å²) in [6.07, 6.45) is 3.75. The Bertz CT molecular complexity index is 1160. The summed E-state index contributed by atoms with van der Waals surface area (Å²) in [4.78, 5) is 14.9. The van der Waals surface area contributed by atoms with Gasteiger partial charge in [-0.3, -0.25) is 9.78 Å². The van der Waals surface area contributed by atoms with Crippen LogP contribution in [0.25, 0.3) is 22.2 Å². The Kier molecular flexibility index (Phi) is 4.49. The number of rotatable bonds is 5. The molecule has 0 spiro atoms. The molecule has 0 fully saturated rings. The summed E-state index contributed by atoms with van der Waals surface area (Å²) in [6, 6.07) is 17.3. The van der Waals surface area contributed by atoms with E-state index in [9.17, 15) is 4.79 Å². The van der Waals surface area contributed by atoms with Crippen LogP contribution in [-0.4, -0.2) is 26.0 Å². The third-order valence-corrected chi connectivity index (χ3v) is 4.28. The Balaban J connectivity index is 1.56. The number of nitrogens with zero attached hydrogens (tertiary/aromatic N) is 4. The van der Waals surface area contributed by atoms with Crippen molar-refractivity contribution in [2.45, 2.75) is 13.5 Å². The van der Waals surface area contributed by atoms with Gasteiger partial charge in [0.25, 0.3) is 5.56 Å². The molecule has 7 nitrogen and oxygen atoms in total. The zero-order valence-corrected chi connectivity index (χ0v) is 14.8. The molecule has 0 aliphatic carbocycles. The molecule has 2 aromatic heterocycles. The van der Waals surface area contributed by atoms with E-state index < -0.39 is 0 Å². The molecule has 0 unspecified atom stereocenters. The SMILES string of the molecule is CCn1cc(/C=N/Nc2nnc(-c3ccccc3)c(=O)[nH]2)c2ccccc21. The second kappa shape index (κ2) is 7.25. The first kappa shape index (κ1) is 16.7. The number of aryl methyl sites for hydroxylation is 1. The number of benzene rings is 2. The van der Waals surface area contributed by atoms with Crippen molar-refractivity contribution in [2.75, 3.05) is 5.43 Å². The Labute approximate surface area is 155 Å².